The van der Waals surface area contributed by atoms with E-state index in [1.54, 1.807) is 13.2 Å². The Morgan fingerprint density at radius 2 is 2.50 bits per heavy atom. The Morgan fingerprint density at radius 1 is 1.75 bits per heavy atom. The van der Waals surface area contributed by atoms with Crippen LogP contribution in [0.4, 0.5) is 4.39 Å². The van der Waals surface area contributed by atoms with Gasteiger partial charge >= 0.3 is 0 Å². The second kappa shape index (κ2) is 4.41. The van der Waals surface area contributed by atoms with Crippen LogP contribution in [0.2, 0.25) is 0 Å². The molecule has 2 atom stereocenters. The van der Waals surface area contributed by atoms with Gasteiger partial charge in [-0.2, -0.15) is 0 Å². The molecule has 0 aromatic rings. The van der Waals surface area contributed by atoms with Gasteiger partial charge in [-0.25, -0.2) is 4.39 Å². The van der Waals surface area contributed by atoms with Crippen molar-refractivity contribution in [1.82, 2.24) is 0 Å². The summed E-state index contributed by atoms with van der Waals surface area (Å²) in [6.45, 7) is 2.03. The fourth-order valence-electron chi connectivity index (χ4n) is 1.34. The van der Waals surface area contributed by atoms with Gasteiger partial charge in [-0.3, -0.25) is 0 Å². The lowest BCUT2D eigenvalue weighted by Gasteiger charge is -2.17. The van der Waals surface area contributed by atoms with Crippen LogP contribution in [0.1, 0.15) is 19.8 Å². The van der Waals surface area contributed by atoms with Crippen molar-refractivity contribution in [2.45, 2.75) is 25.9 Å². The van der Waals surface area contributed by atoms with E-state index in [-0.39, 0.29) is 11.9 Å². The van der Waals surface area contributed by atoms with Gasteiger partial charge in [0.1, 0.15) is 5.83 Å². The third kappa shape index (κ3) is 2.78. The number of hydrogen-bond donors (Lipinski definition) is 0. The molecule has 0 aromatic heterocycles. The van der Waals surface area contributed by atoms with Crippen molar-refractivity contribution >= 4 is 0 Å². The Balaban J connectivity index is 2.33. The van der Waals surface area contributed by atoms with Crippen LogP contribution < -0.4 is 0 Å². The van der Waals surface area contributed by atoms with Gasteiger partial charge < -0.3 is 4.74 Å². The molecule has 0 aliphatic heterocycles. The van der Waals surface area contributed by atoms with Crippen LogP contribution in [-0.2, 0) is 4.74 Å². The van der Waals surface area contributed by atoms with Gasteiger partial charge in [-0.1, -0.05) is 6.08 Å². The second-order valence-electron chi connectivity index (χ2n) is 3.23. The summed E-state index contributed by atoms with van der Waals surface area (Å²) in [4.78, 5) is 0. The van der Waals surface area contributed by atoms with E-state index in [9.17, 15) is 4.39 Å². The highest BCUT2D eigenvalue weighted by atomic mass is 19.1. The zero-order chi connectivity index (χ0) is 8.97. The molecule has 0 fully saturated rings. The fourth-order valence-corrected chi connectivity index (χ4v) is 1.34. The average molecular weight is 170 g/mol. The van der Waals surface area contributed by atoms with Crippen LogP contribution in [0.25, 0.3) is 0 Å². The highest BCUT2D eigenvalue weighted by Crippen LogP contribution is 2.21. The quantitative estimate of drug-likeness (QED) is 0.632. The Morgan fingerprint density at radius 3 is 3.00 bits per heavy atom. The normalized spacial score (nSPS) is 25.2. The van der Waals surface area contributed by atoms with Gasteiger partial charge in [0.05, 0.1) is 6.10 Å². The van der Waals surface area contributed by atoms with Gasteiger partial charge in [0.2, 0.25) is 0 Å². The summed E-state index contributed by atoms with van der Waals surface area (Å²) >= 11 is 0. The van der Waals surface area contributed by atoms with Crippen molar-refractivity contribution in [3.8, 4) is 0 Å². The van der Waals surface area contributed by atoms with Crippen LogP contribution in [0.3, 0.4) is 0 Å². The molecule has 0 heterocycles. The topological polar surface area (TPSA) is 9.23 Å². The molecule has 0 saturated heterocycles. The molecule has 1 nitrogen and oxygen atoms in total. The van der Waals surface area contributed by atoms with Crippen molar-refractivity contribution in [3.63, 3.8) is 0 Å². The average Bonchev–Trinajstić information content (AvgIpc) is 2.09. The molecule has 2 unspecified atom stereocenters. The minimum atomic E-state index is -0.115. The fraction of sp³-hybridized carbons (Fsp3) is 0.600. The number of methoxy groups -OCH3 is 1. The molecule has 0 N–H and O–H groups in total. The minimum absolute atomic E-state index is 0.115. The zero-order valence-electron chi connectivity index (χ0n) is 7.59. The lowest BCUT2D eigenvalue weighted by Crippen LogP contribution is -2.11. The molecule has 1 rings (SSSR count). The Labute approximate surface area is 72.9 Å². The summed E-state index contributed by atoms with van der Waals surface area (Å²) in [6, 6.07) is 0. The Kier molecular flexibility index (Phi) is 3.48. The standard InChI is InChI=1S/C10H15FO/c1-8(12-2)7-9-3-5-10(11)6-4-9/h3,5-6,8-9H,4,7H2,1-2H3. The molecule has 0 radical (unpaired) electrons. The van der Waals surface area contributed by atoms with Crippen LogP contribution >= 0.6 is 0 Å². The number of allylic oxidation sites excluding steroid dienone is 4. The van der Waals surface area contributed by atoms with Gasteiger partial charge in [0.15, 0.2) is 0 Å². The molecular weight excluding hydrogens is 155 g/mol. The maximum absolute atomic E-state index is 12.5. The van der Waals surface area contributed by atoms with Gasteiger partial charge in [0, 0.05) is 7.11 Å². The van der Waals surface area contributed by atoms with E-state index in [1.165, 1.54) is 6.08 Å². The van der Waals surface area contributed by atoms with Crippen LogP contribution in [0, 0.1) is 5.92 Å². The molecule has 0 spiro atoms. The van der Waals surface area contributed by atoms with E-state index in [1.807, 2.05) is 13.0 Å². The number of ether oxygens (including phenoxy) is 1. The van der Waals surface area contributed by atoms with E-state index < -0.39 is 0 Å². The Bertz CT molecular complexity index is 196. The summed E-state index contributed by atoms with van der Waals surface area (Å²) in [5.74, 6) is 0.329. The minimum Gasteiger partial charge on any atom is -0.382 e. The van der Waals surface area contributed by atoms with Crippen molar-refractivity contribution < 1.29 is 9.13 Å². The number of halogens is 1. The van der Waals surface area contributed by atoms with E-state index in [0.29, 0.717) is 5.92 Å². The third-order valence-corrected chi connectivity index (χ3v) is 2.18. The highest BCUT2D eigenvalue weighted by Gasteiger charge is 2.11. The Hall–Kier alpha value is -0.630. The molecule has 0 aromatic carbocycles. The third-order valence-electron chi connectivity index (χ3n) is 2.18. The first-order chi connectivity index (χ1) is 5.72. The van der Waals surface area contributed by atoms with Crippen LogP contribution in [0.5, 0.6) is 0 Å². The molecule has 0 bridgehead atoms. The predicted octanol–water partition coefficient (Wildman–Crippen LogP) is 2.84. The summed E-state index contributed by atoms with van der Waals surface area (Å²) < 4.78 is 17.7. The van der Waals surface area contributed by atoms with E-state index in [2.05, 4.69) is 0 Å². The molecule has 0 amide bonds. The second-order valence-corrected chi connectivity index (χ2v) is 3.23. The maximum atomic E-state index is 12.5. The van der Waals surface area contributed by atoms with Crippen molar-refractivity contribution in [2.24, 2.45) is 5.92 Å². The molecule has 0 saturated carbocycles. The first-order valence-corrected chi connectivity index (χ1v) is 4.29. The van der Waals surface area contributed by atoms with Crippen molar-refractivity contribution in [3.05, 3.63) is 24.1 Å². The molecule has 1 aliphatic rings. The van der Waals surface area contributed by atoms with Gasteiger partial charge in [-0.05, 0) is 37.8 Å². The molecule has 12 heavy (non-hydrogen) atoms. The molecule has 2 heteroatoms. The molecule has 68 valence electrons. The summed E-state index contributed by atoms with van der Waals surface area (Å²) in [5.41, 5.74) is 0. The van der Waals surface area contributed by atoms with E-state index >= 15 is 0 Å². The first kappa shape index (κ1) is 9.46. The zero-order valence-corrected chi connectivity index (χ0v) is 7.59. The predicted molar refractivity (Wildman–Crippen MR) is 47.5 cm³/mol. The monoisotopic (exact) mass is 170 g/mol. The summed E-state index contributed by atoms with van der Waals surface area (Å²) in [6.07, 6.45) is 7.12. The molecular formula is C10H15FO. The van der Waals surface area contributed by atoms with Gasteiger partial charge in [0.25, 0.3) is 0 Å². The van der Waals surface area contributed by atoms with E-state index in [0.717, 1.165) is 12.8 Å². The smallest absolute Gasteiger partial charge is 0.118 e. The lowest BCUT2D eigenvalue weighted by atomic mass is 9.95. The van der Waals surface area contributed by atoms with Crippen LogP contribution in [-0.4, -0.2) is 13.2 Å². The largest absolute Gasteiger partial charge is 0.382 e. The summed E-state index contributed by atoms with van der Waals surface area (Å²) in [7, 11) is 1.70. The number of hydrogen-bond acceptors (Lipinski definition) is 1. The SMILES string of the molecule is COC(C)CC1C=CC(F)=CC1. The molecule has 1 aliphatic carbocycles. The van der Waals surface area contributed by atoms with E-state index in [4.69, 9.17) is 4.74 Å². The first-order valence-electron chi connectivity index (χ1n) is 4.29. The van der Waals surface area contributed by atoms with Crippen molar-refractivity contribution in [2.75, 3.05) is 7.11 Å². The number of rotatable bonds is 3. The highest BCUT2D eigenvalue weighted by molar-refractivity contribution is 5.17. The van der Waals surface area contributed by atoms with Crippen LogP contribution in [0.15, 0.2) is 24.1 Å². The maximum Gasteiger partial charge on any atom is 0.118 e. The summed E-state index contributed by atoms with van der Waals surface area (Å²) in [5, 5.41) is 0. The van der Waals surface area contributed by atoms with Crippen molar-refractivity contribution in [1.29, 1.82) is 0 Å². The lowest BCUT2D eigenvalue weighted by molar-refractivity contribution is 0.101. The van der Waals surface area contributed by atoms with Gasteiger partial charge in [-0.15, -0.1) is 0 Å².